The van der Waals surface area contributed by atoms with Crippen LogP contribution in [-0.2, 0) is 4.79 Å². The van der Waals surface area contributed by atoms with Crippen molar-refractivity contribution in [2.24, 2.45) is 11.7 Å². The predicted molar refractivity (Wildman–Crippen MR) is 56.5 cm³/mol. The molecule has 0 saturated heterocycles. The van der Waals surface area contributed by atoms with Gasteiger partial charge >= 0.3 is 12.0 Å². The lowest BCUT2D eigenvalue weighted by Gasteiger charge is -2.22. The minimum absolute atomic E-state index is 0.230. The maximum absolute atomic E-state index is 11.5. The first kappa shape index (κ1) is 13.7. The Morgan fingerprint density at radius 1 is 1.47 bits per heavy atom. The lowest BCUT2D eigenvalue weighted by Crippen LogP contribution is -2.45. The van der Waals surface area contributed by atoms with Gasteiger partial charge in [0, 0.05) is 19.6 Å². The average molecular weight is 217 g/mol. The summed E-state index contributed by atoms with van der Waals surface area (Å²) in [6, 6.07) is -0.378. The molecule has 0 bridgehead atoms. The standard InChI is InChI=1S/C9H19N3O3/c1-7(2)5-12(6-8(13)14)9(15)11-4-3-10/h7H,3-6,10H2,1-2H3,(H,11,15)(H,13,14). The van der Waals surface area contributed by atoms with Crippen LogP contribution in [-0.4, -0.2) is 48.2 Å². The molecule has 15 heavy (non-hydrogen) atoms. The molecule has 4 N–H and O–H groups in total. The molecule has 0 aromatic rings. The van der Waals surface area contributed by atoms with E-state index in [0.717, 1.165) is 0 Å². The van der Waals surface area contributed by atoms with Crippen LogP contribution < -0.4 is 11.1 Å². The van der Waals surface area contributed by atoms with Gasteiger partial charge in [0.2, 0.25) is 0 Å². The normalized spacial score (nSPS) is 10.1. The monoisotopic (exact) mass is 217 g/mol. The van der Waals surface area contributed by atoms with E-state index in [4.69, 9.17) is 10.8 Å². The Bertz CT molecular complexity index is 219. The predicted octanol–water partition coefficient (Wildman–Crippen LogP) is -0.303. The summed E-state index contributed by atoms with van der Waals surface area (Å²) in [4.78, 5) is 23.3. The Labute approximate surface area is 89.4 Å². The fraction of sp³-hybridized carbons (Fsp3) is 0.778. The highest BCUT2D eigenvalue weighted by molar-refractivity contribution is 5.80. The minimum atomic E-state index is -1.02. The van der Waals surface area contributed by atoms with Gasteiger partial charge in [-0.15, -0.1) is 0 Å². The topological polar surface area (TPSA) is 95.7 Å². The van der Waals surface area contributed by atoms with Gasteiger partial charge in [0.05, 0.1) is 0 Å². The number of hydrogen-bond donors (Lipinski definition) is 3. The molecule has 0 aliphatic carbocycles. The minimum Gasteiger partial charge on any atom is -0.480 e. The smallest absolute Gasteiger partial charge is 0.323 e. The molecule has 0 aliphatic rings. The van der Waals surface area contributed by atoms with Crippen LogP contribution in [0.15, 0.2) is 0 Å². The number of aliphatic carboxylic acids is 1. The van der Waals surface area contributed by atoms with E-state index in [1.165, 1.54) is 4.90 Å². The molecule has 0 rings (SSSR count). The molecule has 0 aromatic carbocycles. The molecule has 0 aliphatic heterocycles. The lowest BCUT2D eigenvalue weighted by atomic mass is 10.2. The third-order valence-electron chi connectivity index (χ3n) is 1.62. The van der Waals surface area contributed by atoms with Crippen molar-refractivity contribution in [3.63, 3.8) is 0 Å². The van der Waals surface area contributed by atoms with Gasteiger partial charge in [0.1, 0.15) is 6.54 Å². The van der Waals surface area contributed by atoms with Gasteiger partial charge in [-0.25, -0.2) is 4.79 Å². The summed E-state index contributed by atoms with van der Waals surface area (Å²) in [6.07, 6.45) is 0. The van der Waals surface area contributed by atoms with Crippen molar-refractivity contribution in [3.8, 4) is 0 Å². The molecule has 0 spiro atoms. The fourth-order valence-corrected chi connectivity index (χ4v) is 1.11. The number of carboxylic acid groups (broad SMARTS) is 1. The number of nitrogens with two attached hydrogens (primary N) is 1. The second-order valence-electron chi connectivity index (χ2n) is 3.69. The molecule has 6 nitrogen and oxygen atoms in total. The van der Waals surface area contributed by atoms with Crippen molar-refractivity contribution in [2.75, 3.05) is 26.2 Å². The van der Waals surface area contributed by atoms with E-state index in [2.05, 4.69) is 5.32 Å². The summed E-state index contributed by atoms with van der Waals surface area (Å²) in [5.41, 5.74) is 5.23. The average Bonchev–Trinajstić information content (AvgIpc) is 2.11. The maximum Gasteiger partial charge on any atom is 0.323 e. The summed E-state index contributed by atoms with van der Waals surface area (Å²) in [5, 5.41) is 11.2. The van der Waals surface area contributed by atoms with Gasteiger partial charge in [-0.3, -0.25) is 4.79 Å². The number of carboxylic acids is 1. The van der Waals surface area contributed by atoms with Crippen molar-refractivity contribution in [3.05, 3.63) is 0 Å². The van der Waals surface area contributed by atoms with E-state index in [1.807, 2.05) is 13.8 Å². The molecule has 0 heterocycles. The second-order valence-corrected chi connectivity index (χ2v) is 3.69. The highest BCUT2D eigenvalue weighted by atomic mass is 16.4. The van der Waals surface area contributed by atoms with Crippen molar-refractivity contribution in [2.45, 2.75) is 13.8 Å². The molecule has 88 valence electrons. The molecule has 0 aromatic heterocycles. The highest BCUT2D eigenvalue weighted by Gasteiger charge is 2.16. The summed E-state index contributed by atoms with van der Waals surface area (Å²) in [6.45, 7) is 4.68. The number of carbonyl (C=O) groups is 2. The number of carbonyl (C=O) groups excluding carboxylic acids is 1. The number of hydrogen-bond acceptors (Lipinski definition) is 3. The number of rotatable bonds is 6. The molecule has 2 amide bonds. The van der Waals surface area contributed by atoms with Crippen LogP contribution in [0.2, 0.25) is 0 Å². The lowest BCUT2D eigenvalue weighted by molar-refractivity contribution is -0.137. The van der Waals surface area contributed by atoms with Crippen LogP contribution >= 0.6 is 0 Å². The quantitative estimate of drug-likeness (QED) is 0.569. The molecular formula is C9H19N3O3. The van der Waals surface area contributed by atoms with Gasteiger partial charge in [-0.2, -0.15) is 0 Å². The zero-order chi connectivity index (χ0) is 11.8. The van der Waals surface area contributed by atoms with E-state index in [-0.39, 0.29) is 18.5 Å². The Morgan fingerprint density at radius 2 is 2.07 bits per heavy atom. The third kappa shape index (κ3) is 6.73. The third-order valence-corrected chi connectivity index (χ3v) is 1.62. The van der Waals surface area contributed by atoms with Gasteiger partial charge in [-0.05, 0) is 5.92 Å². The molecule has 0 unspecified atom stereocenters. The highest BCUT2D eigenvalue weighted by Crippen LogP contribution is 1.98. The summed E-state index contributed by atoms with van der Waals surface area (Å²) in [7, 11) is 0. The van der Waals surface area contributed by atoms with Crippen molar-refractivity contribution < 1.29 is 14.7 Å². The molecule has 6 heteroatoms. The van der Waals surface area contributed by atoms with Crippen LogP contribution in [0.1, 0.15) is 13.8 Å². The fourth-order valence-electron chi connectivity index (χ4n) is 1.11. The Hall–Kier alpha value is -1.30. The molecule has 0 fully saturated rings. The van der Waals surface area contributed by atoms with E-state index in [1.54, 1.807) is 0 Å². The Morgan fingerprint density at radius 3 is 2.47 bits per heavy atom. The van der Waals surface area contributed by atoms with Crippen LogP contribution in [0.25, 0.3) is 0 Å². The largest absolute Gasteiger partial charge is 0.480 e. The SMILES string of the molecule is CC(C)CN(CC(=O)O)C(=O)NCCN. The maximum atomic E-state index is 11.5. The number of amides is 2. The van der Waals surface area contributed by atoms with E-state index in [9.17, 15) is 9.59 Å². The van der Waals surface area contributed by atoms with Crippen LogP contribution in [0.3, 0.4) is 0 Å². The summed E-state index contributed by atoms with van der Waals surface area (Å²) >= 11 is 0. The van der Waals surface area contributed by atoms with Gasteiger partial charge < -0.3 is 21.1 Å². The van der Waals surface area contributed by atoms with Crippen molar-refractivity contribution >= 4 is 12.0 Å². The van der Waals surface area contributed by atoms with Gasteiger partial charge in [0.25, 0.3) is 0 Å². The van der Waals surface area contributed by atoms with Gasteiger partial charge in [-0.1, -0.05) is 13.8 Å². The van der Waals surface area contributed by atoms with Crippen LogP contribution in [0, 0.1) is 5.92 Å². The number of urea groups is 1. The Balaban J connectivity index is 4.20. The number of nitrogens with zero attached hydrogens (tertiary/aromatic N) is 1. The van der Waals surface area contributed by atoms with Crippen LogP contribution in [0.4, 0.5) is 4.79 Å². The van der Waals surface area contributed by atoms with E-state index >= 15 is 0 Å². The summed E-state index contributed by atoms with van der Waals surface area (Å²) in [5.74, 6) is -0.786. The Kier molecular flexibility index (Phi) is 6.44. The molecule has 0 radical (unpaired) electrons. The van der Waals surface area contributed by atoms with Crippen molar-refractivity contribution in [1.82, 2.24) is 10.2 Å². The first-order valence-corrected chi connectivity index (χ1v) is 4.92. The second kappa shape index (κ2) is 7.05. The van der Waals surface area contributed by atoms with Crippen molar-refractivity contribution in [1.29, 1.82) is 0 Å². The number of nitrogens with one attached hydrogen (secondary N) is 1. The zero-order valence-electron chi connectivity index (χ0n) is 9.19. The van der Waals surface area contributed by atoms with Crippen LogP contribution in [0.5, 0.6) is 0 Å². The molecule has 0 atom stereocenters. The van der Waals surface area contributed by atoms with E-state index < -0.39 is 5.97 Å². The molecular weight excluding hydrogens is 198 g/mol. The first-order valence-electron chi connectivity index (χ1n) is 4.92. The molecule has 0 saturated carbocycles. The first-order chi connectivity index (χ1) is 6.97. The summed E-state index contributed by atoms with van der Waals surface area (Å²) < 4.78 is 0. The van der Waals surface area contributed by atoms with E-state index in [0.29, 0.717) is 19.6 Å². The van der Waals surface area contributed by atoms with Gasteiger partial charge in [0.15, 0.2) is 0 Å². The zero-order valence-corrected chi connectivity index (χ0v) is 9.19.